The summed E-state index contributed by atoms with van der Waals surface area (Å²) in [5.74, 6) is -8.28. The van der Waals surface area contributed by atoms with Crippen LogP contribution in [0.5, 0.6) is 0 Å². The molecule has 0 saturated carbocycles. The molecule has 0 aromatic rings. The van der Waals surface area contributed by atoms with Crippen LogP contribution in [-0.4, -0.2) is 79.2 Å². The second kappa shape index (κ2) is 6.50. The Kier molecular flexibility index (Phi) is 5.52. The Labute approximate surface area is 141 Å². The fourth-order valence-electron chi connectivity index (χ4n) is 2.95. The third-order valence-corrected chi connectivity index (χ3v) is 4.28. The smallest absolute Gasteiger partial charge is 0.251 e. The fraction of sp³-hybridized carbons (Fsp3) is 0.714. The van der Waals surface area contributed by atoms with Gasteiger partial charge in [-0.05, 0) is 13.8 Å². The maximum Gasteiger partial charge on any atom is 0.251 e. The van der Waals surface area contributed by atoms with Gasteiger partial charge in [0, 0.05) is 13.8 Å². The lowest BCUT2D eigenvalue weighted by Gasteiger charge is -2.56. The fourth-order valence-corrected chi connectivity index (χ4v) is 2.95. The van der Waals surface area contributed by atoms with Crippen LogP contribution >= 0.6 is 0 Å². The zero-order valence-electron chi connectivity index (χ0n) is 13.9. The normalized spacial score (nSPS) is 39.4. The van der Waals surface area contributed by atoms with Crippen molar-refractivity contribution in [3.05, 3.63) is 0 Å². The second-order valence-corrected chi connectivity index (χ2v) is 5.94. The van der Waals surface area contributed by atoms with Gasteiger partial charge >= 0.3 is 0 Å². The Morgan fingerprint density at radius 1 is 0.960 bits per heavy atom. The molecule has 10 nitrogen and oxygen atoms in total. The van der Waals surface area contributed by atoms with Gasteiger partial charge in [-0.25, -0.2) is 4.39 Å². The van der Waals surface area contributed by atoms with E-state index in [1.54, 1.807) is 0 Å². The van der Waals surface area contributed by atoms with Crippen molar-refractivity contribution < 1.29 is 48.7 Å². The molecule has 1 unspecified atom stereocenters. The Morgan fingerprint density at radius 2 is 1.40 bits per heavy atom. The molecule has 1 amide bonds. The van der Waals surface area contributed by atoms with E-state index in [-0.39, 0.29) is 0 Å². The van der Waals surface area contributed by atoms with Gasteiger partial charge in [0.2, 0.25) is 12.3 Å². The van der Waals surface area contributed by atoms with E-state index in [0.717, 1.165) is 13.8 Å². The average molecular weight is 365 g/mol. The van der Waals surface area contributed by atoms with E-state index in [9.17, 15) is 44.0 Å². The van der Waals surface area contributed by atoms with Crippen molar-refractivity contribution in [2.45, 2.75) is 63.2 Å². The first-order valence-electron chi connectivity index (χ1n) is 7.14. The molecule has 1 saturated heterocycles. The van der Waals surface area contributed by atoms with Crippen LogP contribution in [0.1, 0.15) is 27.7 Å². The number of ether oxygens (including phenoxy) is 1. The van der Waals surface area contributed by atoms with Crippen LogP contribution in [0.15, 0.2) is 0 Å². The predicted molar refractivity (Wildman–Crippen MR) is 76.5 cm³/mol. The van der Waals surface area contributed by atoms with Crippen molar-refractivity contribution in [3.8, 4) is 0 Å². The molecule has 1 rings (SSSR count). The van der Waals surface area contributed by atoms with Gasteiger partial charge in [-0.3, -0.25) is 19.2 Å². The summed E-state index contributed by atoms with van der Waals surface area (Å²) in [6, 6.07) is -2.36. The molecule has 1 heterocycles. The molecular formula is C14H20FNO9. The summed E-state index contributed by atoms with van der Waals surface area (Å²) in [7, 11) is 0. The molecule has 25 heavy (non-hydrogen) atoms. The van der Waals surface area contributed by atoms with E-state index >= 15 is 0 Å². The molecular weight excluding hydrogens is 345 g/mol. The highest BCUT2D eigenvalue weighted by molar-refractivity contribution is 6.01. The number of hydrogen-bond acceptors (Lipinski definition) is 9. The van der Waals surface area contributed by atoms with Gasteiger partial charge in [0.1, 0.15) is 6.04 Å². The molecule has 142 valence electrons. The molecule has 1 aliphatic rings. The molecule has 5 N–H and O–H groups in total. The third kappa shape index (κ3) is 2.87. The number of amides is 1. The minimum absolute atomic E-state index is 0.662. The van der Waals surface area contributed by atoms with Crippen molar-refractivity contribution in [1.82, 2.24) is 5.32 Å². The molecule has 0 bridgehead atoms. The van der Waals surface area contributed by atoms with Crippen molar-refractivity contribution >= 4 is 23.3 Å². The topological polar surface area (TPSA) is 170 Å². The van der Waals surface area contributed by atoms with Gasteiger partial charge in [0.25, 0.3) is 5.79 Å². The lowest BCUT2D eigenvalue weighted by atomic mass is 9.64. The number of hydrogen-bond donors (Lipinski definition) is 5. The highest BCUT2D eigenvalue weighted by atomic mass is 19.1. The lowest BCUT2D eigenvalue weighted by molar-refractivity contribution is -0.356. The molecule has 0 spiro atoms. The zero-order chi connectivity index (χ0) is 20.0. The Bertz CT molecular complexity index is 623. The van der Waals surface area contributed by atoms with Gasteiger partial charge in [-0.15, -0.1) is 0 Å². The summed E-state index contributed by atoms with van der Waals surface area (Å²) in [5, 5.41) is 43.1. The summed E-state index contributed by atoms with van der Waals surface area (Å²) >= 11 is 0. The number of aliphatic hydroxyl groups excluding tert-OH is 1. The second-order valence-electron chi connectivity index (χ2n) is 5.94. The SMILES string of the molecule is CC(=O)N[C@H]1[C@](O)(C(C)=O)O[C@H](C(O)F)[C@](O)(C(C)=O)[C@@]1(O)C(C)=O. The Balaban J connectivity index is 3.88. The standard InChI is InChI=1S/C14H20FNO9/c1-5(17)12(22)9(10(15)21)25-14(24,7(3)19)11(16-8(4)20)13(12,23)6(2)18/h9-11,21-24H,1-4H3,(H,16,20)/t9-,10?,11-,12-,13-,14+/m1/s1. The van der Waals surface area contributed by atoms with Crippen molar-refractivity contribution in [2.75, 3.05) is 0 Å². The van der Waals surface area contributed by atoms with E-state index in [1.807, 2.05) is 5.32 Å². The largest absolute Gasteiger partial charge is 0.377 e. The maximum atomic E-state index is 13.6. The summed E-state index contributed by atoms with van der Waals surface area (Å²) in [5.41, 5.74) is -6.80. The zero-order valence-corrected chi connectivity index (χ0v) is 13.9. The minimum Gasteiger partial charge on any atom is -0.377 e. The van der Waals surface area contributed by atoms with E-state index < -0.39 is 58.7 Å². The Hall–Kier alpha value is -1.79. The lowest BCUT2D eigenvalue weighted by Crippen LogP contribution is -2.86. The third-order valence-electron chi connectivity index (χ3n) is 4.28. The number of aliphatic hydroxyl groups is 4. The molecule has 6 atom stereocenters. The average Bonchev–Trinajstić information content (AvgIpc) is 2.46. The highest BCUT2D eigenvalue weighted by Gasteiger charge is 2.76. The minimum atomic E-state index is -3.41. The summed E-state index contributed by atoms with van der Waals surface area (Å²) in [6.45, 7) is 2.96. The number of nitrogens with one attached hydrogen (secondary N) is 1. The van der Waals surface area contributed by atoms with Crippen molar-refractivity contribution in [2.24, 2.45) is 0 Å². The monoisotopic (exact) mass is 365 g/mol. The van der Waals surface area contributed by atoms with E-state index in [1.165, 1.54) is 0 Å². The number of rotatable bonds is 5. The quantitative estimate of drug-likeness (QED) is 0.343. The maximum absolute atomic E-state index is 13.6. The van der Waals surface area contributed by atoms with Gasteiger partial charge < -0.3 is 30.5 Å². The van der Waals surface area contributed by atoms with Gasteiger partial charge in [-0.2, -0.15) is 0 Å². The van der Waals surface area contributed by atoms with Crippen molar-refractivity contribution in [1.29, 1.82) is 0 Å². The summed E-state index contributed by atoms with van der Waals surface area (Å²) in [4.78, 5) is 47.4. The Morgan fingerprint density at radius 3 is 1.68 bits per heavy atom. The highest BCUT2D eigenvalue weighted by Crippen LogP contribution is 2.45. The van der Waals surface area contributed by atoms with Crippen LogP contribution < -0.4 is 5.32 Å². The number of ketones is 3. The van der Waals surface area contributed by atoms with Crippen LogP contribution in [0.2, 0.25) is 0 Å². The van der Waals surface area contributed by atoms with E-state index in [4.69, 9.17) is 4.74 Å². The molecule has 0 aromatic carbocycles. The van der Waals surface area contributed by atoms with Crippen LogP contribution in [0.25, 0.3) is 0 Å². The van der Waals surface area contributed by atoms with E-state index in [2.05, 4.69) is 0 Å². The molecule has 0 radical (unpaired) electrons. The molecule has 1 fully saturated rings. The predicted octanol–water partition coefficient (Wildman–Crippen LogP) is -2.90. The van der Waals surface area contributed by atoms with Crippen LogP contribution in [0.3, 0.4) is 0 Å². The first-order chi connectivity index (χ1) is 11.2. The summed E-state index contributed by atoms with van der Waals surface area (Å²) < 4.78 is 18.3. The van der Waals surface area contributed by atoms with Gasteiger partial charge in [-0.1, -0.05) is 0 Å². The molecule has 1 aliphatic heterocycles. The number of Topliss-reactive ketones (excluding diaryl/α,β-unsaturated/α-hetero) is 3. The number of carbonyl (C=O) groups is 4. The molecule has 11 heteroatoms. The number of alkyl halides is 1. The van der Waals surface area contributed by atoms with Crippen LogP contribution in [0, 0.1) is 0 Å². The van der Waals surface area contributed by atoms with Crippen molar-refractivity contribution in [3.63, 3.8) is 0 Å². The molecule has 0 aliphatic carbocycles. The molecule has 0 aromatic heterocycles. The summed E-state index contributed by atoms with van der Waals surface area (Å²) in [6.07, 6.45) is -5.87. The number of halogens is 1. The van der Waals surface area contributed by atoms with E-state index in [0.29, 0.717) is 13.8 Å². The van der Waals surface area contributed by atoms with Gasteiger partial charge in [0.15, 0.2) is 34.7 Å². The first-order valence-corrected chi connectivity index (χ1v) is 7.14. The first kappa shape index (κ1) is 21.3. The van der Waals surface area contributed by atoms with Crippen LogP contribution in [0.4, 0.5) is 4.39 Å². The number of carbonyl (C=O) groups excluding carboxylic acids is 4. The van der Waals surface area contributed by atoms with Gasteiger partial charge in [0.05, 0.1) is 0 Å². The van der Waals surface area contributed by atoms with Crippen LogP contribution in [-0.2, 0) is 23.9 Å².